The van der Waals surface area contributed by atoms with Crippen molar-refractivity contribution in [3.8, 4) is 5.75 Å². The maximum absolute atomic E-state index is 11.2. The van der Waals surface area contributed by atoms with Gasteiger partial charge in [0.25, 0.3) is 0 Å². The Bertz CT molecular complexity index is 617. The van der Waals surface area contributed by atoms with Crippen LogP contribution in [0.3, 0.4) is 0 Å². The molecule has 1 aromatic carbocycles. The quantitative estimate of drug-likeness (QED) is 0.775. The van der Waals surface area contributed by atoms with E-state index in [0.717, 1.165) is 11.6 Å². The number of aliphatic hydroxyl groups is 2. The van der Waals surface area contributed by atoms with Crippen LogP contribution in [-0.4, -0.2) is 33.5 Å². The van der Waals surface area contributed by atoms with Crippen LogP contribution in [0.15, 0.2) is 42.2 Å². The Morgan fingerprint density at radius 2 is 2.18 bits per heavy atom. The molecule has 2 atom stereocenters. The maximum Gasteiger partial charge on any atom is 0.313 e. The van der Waals surface area contributed by atoms with Gasteiger partial charge in [0, 0.05) is 6.42 Å². The summed E-state index contributed by atoms with van der Waals surface area (Å²) in [6, 6.07) is 5.32. The standard InChI is InChI=1S/C16H17ClO5/c1-10-3-2-4-13(17)14(10)22-8-7-16(21)9-11(18)5-6-12(16)15(19)20/h2-6,9,12,18,21H,7-8H2,1H3,(H,19,20). The lowest BCUT2D eigenvalue weighted by molar-refractivity contribution is -0.146. The Kier molecular flexibility index (Phi) is 4.78. The van der Waals surface area contributed by atoms with Crippen molar-refractivity contribution < 1.29 is 24.9 Å². The summed E-state index contributed by atoms with van der Waals surface area (Å²) in [4.78, 5) is 11.2. The van der Waals surface area contributed by atoms with Crippen LogP contribution < -0.4 is 4.74 Å². The molecule has 0 heterocycles. The van der Waals surface area contributed by atoms with Crippen LogP contribution in [0.25, 0.3) is 0 Å². The fourth-order valence-electron chi connectivity index (χ4n) is 2.40. The number of hydrogen-bond acceptors (Lipinski definition) is 4. The van der Waals surface area contributed by atoms with Crippen molar-refractivity contribution in [2.45, 2.75) is 18.9 Å². The average molecular weight is 325 g/mol. The number of aliphatic hydroxyl groups excluding tert-OH is 1. The van der Waals surface area contributed by atoms with E-state index < -0.39 is 17.5 Å². The predicted molar refractivity (Wildman–Crippen MR) is 82.2 cm³/mol. The van der Waals surface area contributed by atoms with E-state index >= 15 is 0 Å². The molecule has 118 valence electrons. The maximum atomic E-state index is 11.2. The molecule has 0 fully saturated rings. The third-order valence-electron chi connectivity index (χ3n) is 3.57. The van der Waals surface area contributed by atoms with Gasteiger partial charge in [-0.3, -0.25) is 4.79 Å². The third-order valence-corrected chi connectivity index (χ3v) is 3.87. The second-order valence-corrected chi connectivity index (χ2v) is 5.63. The minimum atomic E-state index is -1.71. The molecule has 1 aliphatic rings. The summed E-state index contributed by atoms with van der Waals surface area (Å²) in [5.74, 6) is -1.98. The second kappa shape index (κ2) is 6.42. The molecule has 1 aliphatic carbocycles. The predicted octanol–water partition coefficient (Wildman–Crippen LogP) is 2.86. The number of ether oxygens (including phenoxy) is 1. The van der Waals surface area contributed by atoms with Gasteiger partial charge in [-0.15, -0.1) is 0 Å². The van der Waals surface area contributed by atoms with Crippen LogP contribution in [0, 0.1) is 12.8 Å². The Labute approximate surface area is 133 Å². The van der Waals surface area contributed by atoms with Crippen LogP contribution in [0.1, 0.15) is 12.0 Å². The van der Waals surface area contributed by atoms with E-state index in [9.17, 15) is 20.1 Å². The van der Waals surface area contributed by atoms with Gasteiger partial charge in [0.2, 0.25) is 0 Å². The number of carboxylic acid groups (broad SMARTS) is 1. The second-order valence-electron chi connectivity index (χ2n) is 5.22. The number of aliphatic carboxylic acids is 1. The molecule has 1 aromatic rings. The first kappa shape index (κ1) is 16.4. The highest BCUT2D eigenvalue weighted by Gasteiger charge is 2.40. The molecule has 0 spiro atoms. The van der Waals surface area contributed by atoms with Crippen LogP contribution in [0.2, 0.25) is 5.02 Å². The number of carbonyl (C=O) groups is 1. The van der Waals surface area contributed by atoms with E-state index in [1.807, 2.05) is 13.0 Å². The zero-order chi connectivity index (χ0) is 16.3. The number of carboxylic acids is 1. The number of para-hydroxylation sites is 1. The number of halogens is 1. The molecular weight excluding hydrogens is 308 g/mol. The minimum absolute atomic E-state index is 0.00301. The zero-order valence-electron chi connectivity index (χ0n) is 12.0. The van der Waals surface area contributed by atoms with Gasteiger partial charge < -0.3 is 20.1 Å². The lowest BCUT2D eigenvalue weighted by atomic mass is 9.81. The van der Waals surface area contributed by atoms with Gasteiger partial charge in [-0.25, -0.2) is 0 Å². The van der Waals surface area contributed by atoms with Gasteiger partial charge in [-0.2, -0.15) is 0 Å². The molecule has 22 heavy (non-hydrogen) atoms. The summed E-state index contributed by atoms with van der Waals surface area (Å²) < 4.78 is 5.58. The summed E-state index contributed by atoms with van der Waals surface area (Å²) in [7, 11) is 0. The first-order valence-electron chi connectivity index (χ1n) is 6.76. The fourth-order valence-corrected chi connectivity index (χ4v) is 2.67. The zero-order valence-corrected chi connectivity index (χ0v) is 12.7. The number of allylic oxidation sites excluding steroid dienone is 1. The van der Waals surface area contributed by atoms with Crippen molar-refractivity contribution in [3.63, 3.8) is 0 Å². The van der Waals surface area contributed by atoms with E-state index in [1.165, 1.54) is 12.2 Å². The summed E-state index contributed by atoms with van der Waals surface area (Å²) in [5, 5.41) is 29.6. The van der Waals surface area contributed by atoms with Crippen molar-refractivity contribution in [1.82, 2.24) is 0 Å². The Hall–Kier alpha value is -1.98. The minimum Gasteiger partial charge on any atom is -0.508 e. The highest BCUT2D eigenvalue weighted by Crippen LogP contribution is 2.32. The molecule has 0 amide bonds. The molecule has 0 bridgehead atoms. The smallest absolute Gasteiger partial charge is 0.313 e. The summed E-state index contributed by atoms with van der Waals surface area (Å²) in [6.07, 6.45) is 3.66. The fraction of sp³-hybridized carbons (Fsp3) is 0.312. The van der Waals surface area contributed by atoms with Gasteiger partial charge in [0.05, 0.1) is 11.6 Å². The van der Waals surface area contributed by atoms with Crippen molar-refractivity contribution in [2.24, 2.45) is 5.92 Å². The lowest BCUT2D eigenvalue weighted by Crippen LogP contribution is -2.42. The first-order chi connectivity index (χ1) is 10.3. The van der Waals surface area contributed by atoms with E-state index in [-0.39, 0.29) is 18.8 Å². The molecule has 2 unspecified atom stereocenters. The van der Waals surface area contributed by atoms with E-state index in [4.69, 9.17) is 16.3 Å². The largest absolute Gasteiger partial charge is 0.508 e. The van der Waals surface area contributed by atoms with Gasteiger partial charge in [0.15, 0.2) is 0 Å². The highest BCUT2D eigenvalue weighted by atomic mass is 35.5. The number of benzene rings is 1. The first-order valence-corrected chi connectivity index (χ1v) is 7.14. The topological polar surface area (TPSA) is 87.0 Å². The molecule has 0 aliphatic heterocycles. The number of rotatable bonds is 5. The monoisotopic (exact) mass is 324 g/mol. The normalized spacial score (nSPS) is 24.0. The lowest BCUT2D eigenvalue weighted by Gasteiger charge is -2.31. The van der Waals surface area contributed by atoms with Gasteiger partial charge in [-0.05, 0) is 30.7 Å². The van der Waals surface area contributed by atoms with Crippen LogP contribution in [0.4, 0.5) is 0 Å². The molecule has 6 heteroatoms. The summed E-state index contributed by atoms with van der Waals surface area (Å²) >= 11 is 6.04. The third kappa shape index (κ3) is 3.43. The average Bonchev–Trinajstić information content (AvgIpc) is 2.41. The van der Waals surface area contributed by atoms with Crippen molar-refractivity contribution in [3.05, 3.63) is 52.8 Å². The Morgan fingerprint density at radius 3 is 2.82 bits per heavy atom. The van der Waals surface area contributed by atoms with Crippen LogP contribution in [0.5, 0.6) is 5.75 Å². The molecular formula is C16H17ClO5. The van der Waals surface area contributed by atoms with Crippen LogP contribution in [-0.2, 0) is 4.79 Å². The van der Waals surface area contributed by atoms with Gasteiger partial charge >= 0.3 is 5.97 Å². The molecule has 0 radical (unpaired) electrons. The van der Waals surface area contributed by atoms with E-state index in [2.05, 4.69) is 0 Å². The summed E-state index contributed by atoms with van der Waals surface area (Å²) in [6.45, 7) is 1.90. The van der Waals surface area contributed by atoms with Crippen molar-refractivity contribution in [1.29, 1.82) is 0 Å². The van der Waals surface area contributed by atoms with Crippen molar-refractivity contribution in [2.75, 3.05) is 6.61 Å². The molecule has 2 rings (SSSR count). The molecule has 5 nitrogen and oxygen atoms in total. The van der Waals surface area contributed by atoms with Crippen molar-refractivity contribution >= 4 is 17.6 Å². The Balaban J connectivity index is 2.09. The molecule has 0 saturated carbocycles. The number of aryl methyl sites for hydroxylation is 1. The summed E-state index contributed by atoms with van der Waals surface area (Å²) in [5.41, 5.74) is -0.865. The molecule has 3 N–H and O–H groups in total. The molecule has 0 aromatic heterocycles. The van der Waals surface area contributed by atoms with Gasteiger partial charge in [0.1, 0.15) is 23.0 Å². The number of hydrogen-bond donors (Lipinski definition) is 3. The van der Waals surface area contributed by atoms with Gasteiger partial charge in [-0.1, -0.05) is 29.8 Å². The highest BCUT2D eigenvalue weighted by molar-refractivity contribution is 6.32. The SMILES string of the molecule is Cc1cccc(Cl)c1OCCC1(O)C=C(O)C=CC1C(=O)O. The van der Waals surface area contributed by atoms with E-state index in [1.54, 1.807) is 12.1 Å². The van der Waals surface area contributed by atoms with Crippen LogP contribution >= 0.6 is 11.6 Å². The van der Waals surface area contributed by atoms with E-state index in [0.29, 0.717) is 10.8 Å². The Morgan fingerprint density at radius 1 is 1.45 bits per heavy atom. The molecule has 0 saturated heterocycles.